The van der Waals surface area contributed by atoms with Crippen LogP contribution in [0.15, 0.2) is 18.2 Å². The van der Waals surface area contributed by atoms with E-state index in [2.05, 4.69) is 13.0 Å². The van der Waals surface area contributed by atoms with E-state index in [9.17, 15) is 4.79 Å². The summed E-state index contributed by atoms with van der Waals surface area (Å²) in [7, 11) is 0. The minimum atomic E-state index is -0.300. The van der Waals surface area contributed by atoms with Crippen molar-refractivity contribution < 1.29 is 9.53 Å². The average Bonchev–Trinajstić information content (AvgIpc) is 2.94. The normalized spacial score (nSPS) is 10.6. The van der Waals surface area contributed by atoms with Gasteiger partial charge in [-0.15, -0.1) is 22.7 Å². The Morgan fingerprint density at radius 3 is 2.61 bits per heavy atom. The lowest BCUT2D eigenvalue weighted by Gasteiger charge is -2.00. The van der Waals surface area contributed by atoms with Crippen molar-refractivity contribution in [3.8, 4) is 0 Å². The molecule has 0 aromatic carbocycles. The highest BCUT2D eigenvalue weighted by Gasteiger charge is 2.12. The number of thiophene rings is 2. The molecule has 0 amide bonds. The van der Waals surface area contributed by atoms with Crippen LogP contribution >= 0.6 is 22.7 Å². The van der Waals surface area contributed by atoms with Gasteiger partial charge in [-0.2, -0.15) is 0 Å². The Kier molecular flexibility index (Phi) is 4.04. The number of hydrogen-bond donors (Lipinski definition) is 1. The first-order valence-electron chi connectivity index (χ1n) is 5.70. The Bertz CT molecular complexity index is 538. The molecule has 0 unspecified atom stereocenters. The van der Waals surface area contributed by atoms with Crippen LogP contribution in [0.4, 0.5) is 5.69 Å². The van der Waals surface area contributed by atoms with Gasteiger partial charge in [-0.25, -0.2) is 4.79 Å². The molecule has 0 radical (unpaired) electrons. The second-order valence-corrected chi connectivity index (χ2v) is 6.43. The SMILES string of the molecule is CCc1ccc(COC(=O)c2cc(N)c(C)s2)s1. The second kappa shape index (κ2) is 5.54. The maximum Gasteiger partial charge on any atom is 0.348 e. The average molecular weight is 281 g/mol. The number of rotatable bonds is 4. The third kappa shape index (κ3) is 2.91. The summed E-state index contributed by atoms with van der Waals surface area (Å²) in [6.07, 6.45) is 1.01. The zero-order chi connectivity index (χ0) is 13.1. The molecule has 2 N–H and O–H groups in total. The smallest absolute Gasteiger partial charge is 0.348 e. The molecule has 2 aromatic rings. The van der Waals surface area contributed by atoms with Gasteiger partial charge in [-0.3, -0.25) is 0 Å². The van der Waals surface area contributed by atoms with Crippen LogP contribution in [0.1, 0.15) is 31.2 Å². The summed E-state index contributed by atoms with van der Waals surface area (Å²) in [5.41, 5.74) is 6.36. The molecular formula is C13H15NO2S2. The van der Waals surface area contributed by atoms with Crippen molar-refractivity contribution in [3.05, 3.63) is 37.7 Å². The van der Waals surface area contributed by atoms with Gasteiger partial charge in [0, 0.05) is 20.3 Å². The predicted molar refractivity (Wildman–Crippen MR) is 76.3 cm³/mol. The van der Waals surface area contributed by atoms with Gasteiger partial charge >= 0.3 is 5.97 Å². The molecule has 0 saturated carbocycles. The van der Waals surface area contributed by atoms with Crippen molar-refractivity contribution in [2.24, 2.45) is 0 Å². The van der Waals surface area contributed by atoms with Gasteiger partial charge in [0.2, 0.25) is 0 Å². The molecule has 2 heterocycles. The first-order valence-corrected chi connectivity index (χ1v) is 7.34. The van der Waals surface area contributed by atoms with E-state index in [1.165, 1.54) is 16.2 Å². The van der Waals surface area contributed by atoms with Crippen LogP contribution in [-0.4, -0.2) is 5.97 Å². The molecule has 0 aliphatic heterocycles. The molecule has 0 aliphatic carbocycles. The molecule has 2 rings (SSSR count). The summed E-state index contributed by atoms with van der Waals surface area (Å²) in [5, 5.41) is 0. The summed E-state index contributed by atoms with van der Waals surface area (Å²) in [6.45, 7) is 4.34. The van der Waals surface area contributed by atoms with Gasteiger partial charge in [0.05, 0.1) is 0 Å². The van der Waals surface area contributed by atoms with Crippen molar-refractivity contribution >= 4 is 34.3 Å². The number of carbonyl (C=O) groups excluding carboxylic acids is 1. The van der Waals surface area contributed by atoms with Crippen LogP contribution in [0, 0.1) is 6.92 Å². The molecule has 0 bridgehead atoms. The fourth-order valence-electron chi connectivity index (χ4n) is 1.49. The predicted octanol–water partition coefficient (Wildman–Crippen LogP) is 3.62. The van der Waals surface area contributed by atoms with Crippen LogP contribution in [0.3, 0.4) is 0 Å². The number of hydrogen-bond acceptors (Lipinski definition) is 5. The Morgan fingerprint density at radius 1 is 1.33 bits per heavy atom. The van der Waals surface area contributed by atoms with Crippen molar-refractivity contribution in [1.82, 2.24) is 0 Å². The molecular weight excluding hydrogens is 266 g/mol. The summed E-state index contributed by atoms with van der Waals surface area (Å²) >= 11 is 3.05. The summed E-state index contributed by atoms with van der Waals surface area (Å²) in [5.74, 6) is -0.300. The Balaban J connectivity index is 1.95. The fraction of sp³-hybridized carbons (Fsp3) is 0.308. The van der Waals surface area contributed by atoms with Gasteiger partial charge in [-0.1, -0.05) is 6.92 Å². The topological polar surface area (TPSA) is 52.3 Å². The van der Waals surface area contributed by atoms with Crippen molar-refractivity contribution in [2.45, 2.75) is 26.9 Å². The fourth-order valence-corrected chi connectivity index (χ4v) is 3.20. The molecule has 3 nitrogen and oxygen atoms in total. The second-order valence-electron chi connectivity index (χ2n) is 3.92. The Labute approximate surface area is 114 Å². The third-order valence-corrected chi connectivity index (χ3v) is 4.82. The largest absolute Gasteiger partial charge is 0.456 e. The Hall–Kier alpha value is -1.33. The van der Waals surface area contributed by atoms with E-state index in [0.29, 0.717) is 17.2 Å². The molecule has 0 spiro atoms. The quantitative estimate of drug-likeness (QED) is 0.871. The highest BCUT2D eigenvalue weighted by atomic mass is 32.1. The lowest BCUT2D eigenvalue weighted by Crippen LogP contribution is -2.02. The van der Waals surface area contributed by atoms with Gasteiger partial charge in [0.25, 0.3) is 0 Å². The van der Waals surface area contributed by atoms with E-state index < -0.39 is 0 Å². The Morgan fingerprint density at radius 2 is 2.06 bits per heavy atom. The number of nitrogen functional groups attached to an aromatic ring is 1. The molecule has 0 aliphatic rings. The maximum absolute atomic E-state index is 11.8. The van der Waals surface area contributed by atoms with Gasteiger partial charge in [0.1, 0.15) is 11.5 Å². The minimum absolute atomic E-state index is 0.300. The highest BCUT2D eigenvalue weighted by Crippen LogP contribution is 2.25. The number of ether oxygens (including phenoxy) is 1. The lowest BCUT2D eigenvalue weighted by molar-refractivity contribution is 0.0482. The minimum Gasteiger partial charge on any atom is -0.456 e. The number of carbonyl (C=O) groups is 1. The zero-order valence-electron chi connectivity index (χ0n) is 10.4. The van der Waals surface area contributed by atoms with E-state index in [1.54, 1.807) is 17.4 Å². The van der Waals surface area contributed by atoms with Crippen LogP contribution in [0.5, 0.6) is 0 Å². The number of esters is 1. The lowest BCUT2D eigenvalue weighted by atomic mass is 10.3. The van der Waals surface area contributed by atoms with Gasteiger partial charge in [-0.05, 0) is 31.5 Å². The zero-order valence-corrected chi connectivity index (χ0v) is 12.0. The van der Waals surface area contributed by atoms with E-state index in [0.717, 1.165) is 16.2 Å². The van der Waals surface area contributed by atoms with Gasteiger partial charge < -0.3 is 10.5 Å². The monoisotopic (exact) mass is 281 g/mol. The van der Waals surface area contributed by atoms with E-state index in [1.807, 2.05) is 13.0 Å². The van der Waals surface area contributed by atoms with Crippen LogP contribution in [-0.2, 0) is 17.8 Å². The van der Waals surface area contributed by atoms with E-state index in [4.69, 9.17) is 10.5 Å². The van der Waals surface area contributed by atoms with Crippen LogP contribution < -0.4 is 5.73 Å². The number of aryl methyl sites for hydroxylation is 2. The van der Waals surface area contributed by atoms with Crippen molar-refractivity contribution in [1.29, 1.82) is 0 Å². The van der Waals surface area contributed by atoms with E-state index in [-0.39, 0.29) is 5.97 Å². The molecule has 5 heteroatoms. The number of anilines is 1. The van der Waals surface area contributed by atoms with Crippen molar-refractivity contribution in [2.75, 3.05) is 5.73 Å². The molecule has 0 saturated heterocycles. The van der Waals surface area contributed by atoms with Crippen LogP contribution in [0.2, 0.25) is 0 Å². The summed E-state index contributed by atoms with van der Waals surface area (Å²) in [6, 6.07) is 5.75. The maximum atomic E-state index is 11.8. The molecule has 0 atom stereocenters. The van der Waals surface area contributed by atoms with Crippen LogP contribution in [0.25, 0.3) is 0 Å². The van der Waals surface area contributed by atoms with E-state index >= 15 is 0 Å². The molecule has 2 aromatic heterocycles. The summed E-state index contributed by atoms with van der Waals surface area (Å²) < 4.78 is 5.27. The molecule has 0 fully saturated rings. The first-order chi connectivity index (χ1) is 8.60. The standard InChI is InChI=1S/C13H15NO2S2/c1-3-9-4-5-10(18-9)7-16-13(15)12-6-11(14)8(2)17-12/h4-6H,3,7,14H2,1-2H3. The highest BCUT2D eigenvalue weighted by molar-refractivity contribution is 7.14. The molecule has 96 valence electrons. The third-order valence-electron chi connectivity index (χ3n) is 2.57. The summed E-state index contributed by atoms with van der Waals surface area (Å²) in [4.78, 5) is 15.7. The number of nitrogens with two attached hydrogens (primary N) is 1. The molecule has 18 heavy (non-hydrogen) atoms. The van der Waals surface area contributed by atoms with Crippen molar-refractivity contribution in [3.63, 3.8) is 0 Å². The first kappa shape index (κ1) is 13.1. The van der Waals surface area contributed by atoms with Gasteiger partial charge in [0.15, 0.2) is 0 Å².